The number of amides is 1. The van der Waals surface area contributed by atoms with Gasteiger partial charge in [0.05, 0.1) is 17.4 Å². The summed E-state index contributed by atoms with van der Waals surface area (Å²) in [4.78, 5) is 11.5. The fraction of sp³-hybridized carbons (Fsp3) is 0.381. The molecule has 0 radical (unpaired) electrons. The molecule has 31 heavy (non-hydrogen) atoms. The van der Waals surface area contributed by atoms with Crippen LogP contribution in [0, 0.1) is 5.82 Å². The van der Waals surface area contributed by atoms with E-state index in [0.717, 1.165) is 12.1 Å². The molecule has 3 rings (SSSR count). The first-order chi connectivity index (χ1) is 14.4. The van der Waals surface area contributed by atoms with Gasteiger partial charge in [-0.2, -0.15) is 13.2 Å². The average Bonchev–Trinajstić information content (AvgIpc) is 2.65. The van der Waals surface area contributed by atoms with Gasteiger partial charge in [-0.1, -0.05) is 6.07 Å². The number of aliphatic hydroxyl groups is 1. The first-order valence-corrected chi connectivity index (χ1v) is 9.44. The van der Waals surface area contributed by atoms with Crippen molar-refractivity contribution in [2.75, 3.05) is 18.5 Å². The lowest BCUT2D eigenvalue weighted by Gasteiger charge is -2.29. The fourth-order valence-corrected chi connectivity index (χ4v) is 3.42. The van der Waals surface area contributed by atoms with Crippen LogP contribution in [-0.4, -0.2) is 34.8 Å². The third kappa shape index (κ3) is 5.45. The van der Waals surface area contributed by atoms with Gasteiger partial charge in [-0.3, -0.25) is 4.79 Å². The van der Waals surface area contributed by atoms with E-state index in [0.29, 0.717) is 0 Å². The number of fused-ring (bicyclic) bond motifs is 1. The lowest BCUT2D eigenvalue weighted by Crippen LogP contribution is -2.43. The minimum Gasteiger partial charge on any atom is -0.508 e. The Morgan fingerprint density at radius 3 is 2.61 bits per heavy atom. The highest BCUT2D eigenvalue weighted by Gasteiger charge is 2.34. The summed E-state index contributed by atoms with van der Waals surface area (Å²) >= 11 is 0. The molecule has 1 unspecified atom stereocenters. The quantitative estimate of drug-likeness (QED) is 0.514. The Bertz CT molecular complexity index is 992. The van der Waals surface area contributed by atoms with E-state index in [1.165, 1.54) is 18.2 Å². The van der Waals surface area contributed by atoms with Gasteiger partial charge < -0.3 is 25.6 Å². The molecule has 2 aromatic carbocycles. The third-order valence-electron chi connectivity index (χ3n) is 4.84. The molecule has 1 aliphatic heterocycles. The Morgan fingerprint density at radius 1 is 1.23 bits per heavy atom. The van der Waals surface area contributed by atoms with Crippen LogP contribution in [0.2, 0.25) is 0 Å². The number of phenols is 1. The van der Waals surface area contributed by atoms with Crippen molar-refractivity contribution in [3.63, 3.8) is 0 Å². The maximum absolute atomic E-state index is 13.5. The topological polar surface area (TPSA) is 90.8 Å². The number of ether oxygens (including phenoxy) is 1. The number of carbonyl (C=O) groups excluding carboxylic acids is 1. The van der Waals surface area contributed by atoms with E-state index in [2.05, 4.69) is 10.6 Å². The van der Waals surface area contributed by atoms with Crippen molar-refractivity contribution < 1.29 is 37.3 Å². The number of carbonyl (C=O) groups is 1. The number of β-amino-alcohol motifs (C(OH)–C–C–N with tert-alkyl or cyclic N) is 1. The molecule has 6 nitrogen and oxygen atoms in total. The zero-order chi connectivity index (χ0) is 23.0. The SMILES string of the molecule is CC(C)(Cc1ccc(F)c(C(F)(F)F)c1)NCC(O)c1cc(O)cc2c1OCC(=O)N2. The molecule has 1 aliphatic rings. The van der Waals surface area contributed by atoms with Crippen LogP contribution in [0.1, 0.15) is 36.6 Å². The van der Waals surface area contributed by atoms with E-state index < -0.39 is 35.1 Å². The van der Waals surface area contributed by atoms with Crippen LogP contribution in [0.15, 0.2) is 30.3 Å². The van der Waals surface area contributed by atoms with Gasteiger partial charge in [0.25, 0.3) is 5.91 Å². The summed E-state index contributed by atoms with van der Waals surface area (Å²) in [6.07, 6.45) is -5.81. The molecule has 0 saturated carbocycles. The predicted octanol–water partition coefficient (Wildman–Crippen LogP) is 3.53. The molecule has 1 heterocycles. The molecule has 0 fully saturated rings. The molecular formula is C21H22F4N2O4. The highest BCUT2D eigenvalue weighted by molar-refractivity contribution is 5.96. The number of aromatic hydroxyl groups is 1. The molecule has 168 valence electrons. The number of anilines is 1. The number of hydrogen-bond acceptors (Lipinski definition) is 5. The molecule has 0 bridgehead atoms. The maximum Gasteiger partial charge on any atom is 0.419 e. The lowest BCUT2D eigenvalue weighted by atomic mass is 9.93. The van der Waals surface area contributed by atoms with E-state index in [4.69, 9.17) is 4.74 Å². The number of aliphatic hydroxyl groups excluding tert-OH is 1. The second-order valence-corrected chi connectivity index (χ2v) is 8.02. The van der Waals surface area contributed by atoms with Crippen molar-refractivity contribution in [2.45, 2.75) is 38.1 Å². The minimum absolute atomic E-state index is 0.0203. The van der Waals surface area contributed by atoms with Crippen molar-refractivity contribution in [3.05, 3.63) is 52.8 Å². The largest absolute Gasteiger partial charge is 0.508 e. The number of phenolic OH excluding ortho intramolecular Hbond substituents is 1. The van der Waals surface area contributed by atoms with Crippen molar-refractivity contribution in [1.82, 2.24) is 5.32 Å². The Hall–Kier alpha value is -2.85. The molecule has 4 N–H and O–H groups in total. The Balaban J connectivity index is 1.72. The van der Waals surface area contributed by atoms with Gasteiger partial charge in [0.2, 0.25) is 0 Å². The number of nitrogens with one attached hydrogen (secondary N) is 2. The zero-order valence-electron chi connectivity index (χ0n) is 16.8. The van der Waals surface area contributed by atoms with Crippen LogP contribution >= 0.6 is 0 Å². The van der Waals surface area contributed by atoms with Crippen molar-refractivity contribution in [1.29, 1.82) is 0 Å². The van der Waals surface area contributed by atoms with Gasteiger partial charge in [-0.25, -0.2) is 4.39 Å². The van der Waals surface area contributed by atoms with Gasteiger partial charge in [0.15, 0.2) is 6.61 Å². The fourth-order valence-electron chi connectivity index (χ4n) is 3.42. The molecule has 0 aromatic heterocycles. The minimum atomic E-state index is -4.79. The smallest absolute Gasteiger partial charge is 0.419 e. The molecule has 10 heteroatoms. The van der Waals surface area contributed by atoms with Gasteiger partial charge >= 0.3 is 6.18 Å². The number of halogens is 4. The normalized spacial score (nSPS) is 15.1. The van der Waals surface area contributed by atoms with Gasteiger partial charge in [-0.05, 0) is 44.0 Å². The highest BCUT2D eigenvalue weighted by atomic mass is 19.4. The van der Waals surface area contributed by atoms with Crippen molar-refractivity contribution in [2.24, 2.45) is 0 Å². The zero-order valence-corrected chi connectivity index (χ0v) is 16.8. The second-order valence-electron chi connectivity index (χ2n) is 8.02. The van der Waals surface area contributed by atoms with Crippen LogP contribution in [0.5, 0.6) is 11.5 Å². The van der Waals surface area contributed by atoms with Crippen LogP contribution in [0.4, 0.5) is 23.2 Å². The van der Waals surface area contributed by atoms with E-state index in [9.17, 15) is 32.6 Å². The van der Waals surface area contributed by atoms with Gasteiger partial charge in [0, 0.05) is 23.7 Å². The monoisotopic (exact) mass is 442 g/mol. The Morgan fingerprint density at radius 2 is 1.94 bits per heavy atom. The number of alkyl halides is 3. The van der Waals surface area contributed by atoms with Gasteiger partial charge in [-0.15, -0.1) is 0 Å². The molecule has 1 amide bonds. The van der Waals surface area contributed by atoms with Crippen molar-refractivity contribution >= 4 is 11.6 Å². The summed E-state index contributed by atoms with van der Waals surface area (Å²) in [5, 5.41) is 26.1. The van der Waals surface area contributed by atoms with Crippen LogP contribution in [0.25, 0.3) is 0 Å². The molecular weight excluding hydrogens is 420 g/mol. The Kier molecular flexibility index (Phi) is 6.15. The van der Waals surface area contributed by atoms with E-state index in [1.54, 1.807) is 13.8 Å². The highest BCUT2D eigenvalue weighted by Crippen LogP contribution is 2.39. The first kappa shape index (κ1) is 22.8. The number of rotatable bonds is 6. The summed E-state index contributed by atoms with van der Waals surface area (Å²) < 4.78 is 57.7. The van der Waals surface area contributed by atoms with E-state index >= 15 is 0 Å². The number of benzene rings is 2. The molecule has 1 atom stereocenters. The average molecular weight is 442 g/mol. The summed E-state index contributed by atoms with van der Waals surface area (Å²) in [6.45, 7) is 3.20. The van der Waals surface area contributed by atoms with Crippen LogP contribution in [-0.2, 0) is 17.4 Å². The maximum atomic E-state index is 13.5. The third-order valence-corrected chi connectivity index (χ3v) is 4.84. The molecule has 0 saturated heterocycles. The summed E-state index contributed by atoms with van der Waals surface area (Å²) in [7, 11) is 0. The standard InChI is InChI=1S/C21H22F4N2O4/c1-20(2,8-11-3-4-15(22)14(5-11)21(23,24)25)26-9-17(29)13-6-12(28)7-16-19(13)31-10-18(30)27-16/h3-7,17,26,28-29H,8-10H2,1-2H3,(H,27,30). The van der Waals surface area contributed by atoms with Crippen LogP contribution in [0.3, 0.4) is 0 Å². The summed E-state index contributed by atoms with van der Waals surface area (Å²) in [5.41, 5.74) is -1.32. The molecule has 0 aliphatic carbocycles. The summed E-state index contributed by atoms with van der Waals surface area (Å²) in [6, 6.07) is 5.45. The van der Waals surface area contributed by atoms with Crippen LogP contribution < -0.4 is 15.4 Å². The predicted molar refractivity (Wildman–Crippen MR) is 104 cm³/mol. The first-order valence-electron chi connectivity index (χ1n) is 9.44. The Labute approximate surface area is 175 Å². The van der Waals surface area contributed by atoms with Gasteiger partial charge in [0.1, 0.15) is 17.3 Å². The summed E-state index contributed by atoms with van der Waals surface area (Å²) in [5.74, 6) is -1.67. The second kappa shape index (κ2) is 8.35. The molecule has 0 spiro atoms. The molecule has 2 aromatic rings. The number of hydrogen-bond donors (Lipinski definition) is 4. The van der Waals surface area contributed by atoms with E-state index in [1.807, 2.05) is 0 Å². The lowest BCUT2D eigenvalue weighted by molar-refractivity contribution is -0.140. The van der Waals surface area contributed by atoms with Crippen molar-refractivity contribution in [3.8, 4) is 11.5 Å². The van der Waals surface area contributed by atoms with E-state index in [-0.39, 0.29) is 47.9 Å².